The van der Waals surface area contributed by atoms with Crippen LogP contribution in [-0.4, -0.2) is 56.4 Å². The molecule has 0 aliphatic carbocycles. The van der Waals surface area contributed by atoms with Gasteiger partial charge in [0.2, 0.25) is 11.8 Å². The zero-order chi connectivity index (χ0) is 16.9. The largest absolute Gasteiger partial charge is 0.479 e. The van der Waals surface area contributed by atoms with Crippen molar-refractivity contribution in [2.24, 2.45) is 11.5 Å². The highest BCUT2D eigenvalue weighted by molar-refractivity contribution is 5.85. The molecule has 2 amide bonds. The molecule has 2 unspecified atom stereocenters. The van der Waals surface area contributed by atoms with E-state index in [9.17, 15) is 19.2 Å². The number of hydrogen-bond acceptors (Lipinski definition) is 6. The lowest BCUT2D eigenvalue weighted by atomic mass is 10.2. The molecule has 0 saturated heterocycles. The third-order valence-electron chi connectivity index (χ3n) is 1.21. The molecular formula is C10H16N2O8. The Balaban J connectivity index is -0.000000244. The van der Waals surface area contributed by atoms with Gasteiger partial charge in [-0.25, -0.2) is 9.59 Å². The molecule has 0 aliphatic heterocycles. The first-order chi connectivity index (χ1) is 9.00. The van der Waals surface area contributed by atoms with E-state index in [1.165, 1.54) is 0 Å². The summed E-state index contributed by atoms with van der Waals surface area (Å²) in [4.78, 5) is 38.5. The van der Waals surface area contributed by atoms with Crippen LogP contribution >= 0.6 is 0 Å². The summed E-state index contributed by atoms with van der Waals surface area (Å²) in [6.45, 7) is 6.17. The average molecular weight is 292 g/mol. The smallest absolute Gasteiger partial charge is 0.335 e. The Bertz CT molecular complexity index is 343. The van der Waals surface area contributed by atoms with Crippen LogP contribution < -0.4 is 11.5 Å². The van der Waals surface area contributed by atoms with E-state index in [1.54, 1.807) is 0 Å². The van der Waals surface area contributed by atoms with E-state index in [0.717, 1.165) is 12.2 Å². The fourth-order valence-electron chi connectivity index (χ4n) is 0.270. The molecule has 0 fully saturated rings. The van der Waals surface area contributed by atoms with Crippen molar-refractivity contribution < 1.29 is 39.6 Å². The van der Waals surface area contributed by atoms with E-state index < -0.39 is 36.0 Å². The fourth-order valence-corrected chi connectivity index (χ4v) is 0.270. The molecule has 0 aliphatic rings. The Kier molecular flexibility index (Phi) is 14.3. The minimum atomic E-state index is -2.27. The van der Waals surface area contributed by atoms with Crippen LogP contribution in [0.3, 0.4) is 0 Å². The van der Waals surface area contributed by atoms with Crippen LogP contribution in [0.25, 0.3) is 0 Å². The first kappa shape index (κ1) is 22.5. The number of carboxylic acids is 2. The number of aliphatic hydroxyl groups is 2. The van der Waals surface area contributed by atoms with Gasteiger partial charge in [-0.2, -0.15) is 0 Å². The molecule has 0 aromatic rings. The maximum atomic E-state index is 9.77. The zero-order valence-electron chi connectivity index (χ0n) is 10.3. The molecule has 10 heteroatoms. The minimum Gasteiger partial charge on any atom is -0.479 e. The number of rotatable bonds is 5. The van der Waals surface area contributed by atoms with Gasteiger partial charge in [0.15, 0.2) is 12.2 Å². The maximum absolute atomic E-state index is 9.77. The van der Waals surface area contributed by atoms with Gasteiger partial charge in [0.1, 0.15) is 0 Å². The van der Waals surface area contributed by atoms with E-state index >= 15 is 0 Å². The summed E-state index contributed by atoms with van der Waals surface area (Å²) in [5, 5.41) is 32.5. The average Bonchev–Trinajstić information content (AvgIpc) is 2.37. The highest BCUT2D eigenvalue weighted by Gasteiger charge is 2.29. The van der Waals surface area contributed by atoms with Crippen molar-refractivity contribution in [2.75, 3.05) is 0 Å². The van der Waals surface area contributed by atoms with Gasteiger partial charge < -0.3 is 31.9 Å². The molecule has 0 saturated carbocycles. The van der Waals surface area contributed by atoms with Crippen LogP contribution in [0.4, 0.5) is 0 Å². The standard InChI is InChI=1S/C4H6O6.2C3H5NO/c5-1(3(7)8)2(6)4(9)10;2*1-2-3(4)5/h1-2,5-6H,(H,7,8)(H,9,10);2*2H,1H2,(H2,4,5). The molecule has 8 N–H and O–H groups in total. The molecule has 0 bridgehead atoms. The molecule has 20 heavy (non-hydrogen) atoms. The van der Waals surface area contributed by atoms with E-state index in [-0.39, 0.29) is 0 Å². The van der Waals surface area contributed by atoms with Gasteiger partial charge in [0.25, 0.3) is 0 Å². The molecule has 0 spiro atoms. The summed E-state index contributed by atoms with van der Waals surface area (Å²) in [6, 6.07) is 0. The van der Waals surface area contributed by atoms with E-state index in [4.69, 9.17) is 20.4 Å². The Morgan fingerprint density at radius 3 is 1.00 bits per heavy atom. The lowest BCUT2D eigenvalue weighted by Crippen LogP contribution is -2.39. The molecule has 0 aromatic heterocycles. The van der Waals surface area contributed by atoms with E-state index in [2.05, 4.69) is 24.6 Å². The van der Waals surface area contributed by atoms with Gasteiger partial charge in [0.05, 0.1) is 0 Å². The molecule has 0 heterocycles. The molecule has 2 atom stereocenters. The first-order valence-corrected chi connectivity index (χ1v) is 4.66. The third-order valence-corrected chi connectivity index (χ3v) is 1.21. The highest BCUT2D eigenvalue weighted by atomic mass is 16.4. The quantitative estimate of drug-likeness (QED) is 0.291. The van der Waals surface area contributed by atoms with Crippen LogP contribution in [0.15, 0.2) is 25.3 Å². The molecule has 10 nitrogen and oxygen atoms in total. The second-order valence-electron chi connectivity index (χ2n) is 2.78. The van der Waals surface area contributed by atoms with Crippen LogP contribution in [0.2, 0.25) is 0 Å². The minimum absolute atomic E-state index is 0.481. The van der Waals surface area contributed by atoms with Crippen LogP contribution in [0.5, 0.6) is 0 Å². The van der Waals surface area contributed by atoms with Crippen LogP contribution in [0.1, 0.15) is 0 Å². The van der Waals surface area contributed by atoms with Gasteiger partial charge in [-0.05, 0) is 12.2 Å². The van der Waals surface area contributed by atoms with E-state index in [1.807, 2.05) is 0 Å². The maximum Gasteiger partial charge on any atom is 0.335 e. The van der Waals surface area contributed by atoms with Crippen molar-refractivity contribution >= 4 is 23.8 Å². The van der Waals surface area contributed by atoms with Gasteiger partial charge in [-0.1, -0.05) is 13.2 Å². The summed E-state index contributed by atoms with van der Waals surface area (Å²) in [5.74, 6) is -4.50. The lowest BCUT2D eigenvalue weighted by Gasteiger charge is -2.07. The normalized spacial score (nSPS) is 11.1. The van der Waals surface area contributed by atoms with E-state index in [0.29, 0.717) is 0 Å². The molecule has 0 aromatic carbocycles. The van der Waals surface area contributed by atoms with Gasteiger partial charge >= 0.3 is 11.9 Å². The number of hydrogen-bond donors (Lipinski definition) is 6. The summed E-state index contributed by atoms with van der Waals surface area (Å²) >= 11 is 0. The lowest BCUT2D eigenvalue weighted by molar-refractivity contribution is -0.165. The second-order valence-corrected chi connectivity index (χ2v) is 2.78. The number of carboxylic acid groups (broad SMARTS) is 2. The number of nitrogens with two attached hydrogens (primary N) is 2. The van der Waals surface area contributed by atoms with Gasteiger partial charge in [0, 0.05) is 0 Å². The number of carbonyl (C=O) groups excluding carboxylic acids is 2. The Morgan fingerprint density at radius 2 is 0.950 bits per heavy atom. The first-order valence-electron chi connectivity index (χ1n) is 4.66. The monoisotopic (exact) mass is 292 g/mol. The number of amides is 2. The Morgan fingerprint density at radius 1 is 0.800 bits per heavy atom. The van der Waals surface area contributed by atoms with Crippen molar-refractivity contribution in [3.63, 3.8) is 0 Å². The van der Waals surface area contributed by atoms with Crippen molar-refractivity contribution in [3.05, 3.63) is 25.3 Å². The molecule has 0 radical (unpaired) electrons. The third kappa shape index (κ3) is 17.7. The predicted octanol–water partition coefficient (Wildman–Crippen LogP) is -2.81. The summed E-state index contributed by atoms with van der Waals surface area (Å²) in [6.07, 6.45) is -2.42. The SMILES string of the molecule is C=CC(N)=O.C=CC(N)=O.O=C(O)C(O)C(O)C(=O)O. The van der Waals surface area contributed by atoms with Crippen molar-refractivity contribution in [1.29, 1.82) is 0 Å². The van der Waals surface area contributed by atoms with Crippen LogP contribution in [0, 0.1) is 0 Å². The topological polar surface area (TPSA) is 201 Å². The fraction of sp³-hybridized carbons (Fsp3) is 0.200. The summed E-state index contributed by atoms with van der Waals surface area (Å²) in [7, 11) is 0. The van der Waals surface area contributed by atoms with Crippen molar-refractivity contribution in [3.8, 4) is 0 Å². The number of carbonyl (C=O) groups is 4. The molecular weight excluding hydrogens is 276 g/mol. The summed E-state index contributed by atoms with van der Waals surface area (Å²) < 4.78 is 0. The van der Waals surface area contributed by atoms with Crippen molar-refractivity contribution in [1.82, 2.24) is 0 Å². The number of primary amides is 2. The van der Waals surface area contributed by atoms with Crippen molar-refractivity contribution in [2.45, 2.75) is 12.2 Å². The number of aliphatic carboxylic acids is 2. The Hall–Kier alpha value is -2.72. The molecule has 0 rings (SSSR count). The predicted molar refractivity (Wildman–Crippen MR) is 66.1 cm³/mol. The van der Waals surface area contributed by atoms with Crippen LogP contribution in [-0.2, 0) is 19.2 Å². The highest BCUT2D eigenvalue weighted by Crippen LogP contribution is 1.92. The molecule has 114 valence electrons. The number of aliphatic hydroxyl groups excluding tert-OH is 2. The van der Waals surface area contributed by atoms with Gasteiger partial charge in [-0.3, -0.25) is 9.59 Å². The Labute approximate surface area is 113 Å². The summed E-state index contributed by atoms with van der Waals surface area (Å²) in [5.41, 5.74) is 9.07. The zero-order valence-corrected chi connectivity index (χ0v) is 10.3. The van der Waals surface area contributed by atoms with Gasteiger partial charge in [-0.15, -0.1) is 0 Å². The second kappa shape index (κ2) is 12.7.